The topological polar surface area (TPSA) is 51.4 Å². The Morgan fingerprint density at radius 3 is 2.80 bits per heavy atom. The smallest absolute Gasteiger partial charge is 0.396 e. The average Bonchev–Trinajstić information content (AvgIpc) is 2.39. The molecule has 1 fully saturated rings. The van der Waals surface area contributed by atoms with E-state index in [1.807, 2.05) is 0 Å². The van der Waals surface area contributed by atoms with Crippen LogP contribution in [0.3, 0.4) is 0 Å². The highest BCUT2D eigenvalue weighted by Crippen LogP contribution is 2.32. The first-order valence-electron chi connectivity index (χ1n) is 6.53. The minimum absolute atomic E-state index is 0.0376. The van der Waals surface area contributed by atoms with Gasteiger partial charge in [-0.1, -0.05) is 0 Å². The van der Waals surface area contributed by atoms with E-state index in [0.29, 0.717) is 18.8 Å². The average molecular weight is 289 g/mol. The second kappa shape index (κ2) is 5.87. The van der Waals surface area contributed by atoms with Crippen molar-refractivity contribution in [2.24, 2.45) is 0 Å². The molecule has 1 unspecified atom stereocenters. The van der Waals surface area contributed by atoms with E-state index >= 15 is 0 Å². The number of hydrogen-bond acceptors (Lipinski definition) is 4. The van der Waals surface area contributed by atoms with E-state index < -0.39 is 11.9 Å². The molecule has 0 aliphatic carbocycles. The number of hydrogen-bond donors (Lipinski definition) is 1. The summed E-state index contributed by atoms with van der Waals surface area (Å²) in [5.41, 5.74) is 5.36. The second-order valence-corrected chi connectivity index (χ2v) is 5.00. The third kappa shape index (κ3) is 3.53. The lowest BCUT2D eigenvalue weighted by Gasteiger charge is -2.29. The van der Waals surface area contributed by atoms with Crippen molar-refractivity contribution in [3.05, 3.63) is 18.0 Å². The first-order valence-corrected chi connectivity index (χ1v) is 6.53. The molecule has 1 saturated heterocycles. The van der Waals surface area contributed by atoms with Gasteiger partial charge in [-0.05, 0) is 25.3 Å². The molecule has 4 nitrogen and oxygen atoms in total. The lowest BCUT2D eigenvalue weighted by Crippen LogP contribution is -2.33. The molecule has 2 rings (SSSR count). The molecule has 1 aliphatic heterocycles. The van der Waals surface area contributed by atoms with Gasteiger partial charge < -0.3 is 15.4 Å². The Bertz CT molecular complexity index is 459. The molecule has 112 valence electrons. The molecule has 1 atom stereocenters. The normalized spacial score (nSPS) is 19.9. The number of nitrogens with zero attached hydrogens (tertiary/aromatic N) is 2. The maximum absolute atomic E-state index is 12.7. The van der Waals surface area contributed by atoms with E-state index in [-0.39, 0.29) is 11.8 Å². The molecular weight excluding hydrogens is 271 g/mol. The van der Waals surface area contributed by atoms with Crippen molar-refractivity contribution >= 4 is 11.4 Å². The van der Waals surface area contributed by atoms with Crippen LogP contribution in [0.5, 0.6) is 0 Å². The van der Waals surface area contributed by atoms with Crippen molar-refractivity contribution in [2.45, 2.75) is 31.5 Å². The van der Waals surface area contributed by atoms with Crippen LogP contribution >= 0.6 is 0 Å². The van der Waals surface area contributed by atoms with Gasteiger partial charge in [-0.3, -0.25) is 0 Å². The quantitative estimate of drug-likeness (QED) is 0.929. The molecule has 1 aliphatic rings. The number of pyridine rings is 1. The van der Waals surface area contributed by atoms with Gasteiger partial charge in [0.25, 0.3) is 0 Å². The Morgan fingerprint density at radius 2 is 2.20 bits per heavy atom. The highest BCUT2D eigenvalue weighted by molar-refractivity contribution is 5.66. The lowest BCUT2D eigenvalue weighted by molar-refractivity contribution is -0.141. The lowest BCUT2D eigenvalue weighted by atomic mass is 10.1. The highest BCUT2D eigenvalue weighted by atomic mass is 19.4. The van der Waals surface area contributed by atoms with Crippen LogP contribution in [-0.2, 0) is 10.9 Å². The minimum Gasteiger partial charge on any atom is -0.396 e. The summed E-state index contributed by atoms with van der Waals surface area (Å²) in [4.78, 5) is 5.03. The van der Waals surface area contributed by atoms with Gasteiger partial charge in [0.15, 0.2) is 0 Å². The molecule has 0 spiro atoms. The summed E-state index contributed by atoms with van der Waals surface area (Å²) in [5.74, 6) is 0. The van der Waals surface area contributed by atoms with E-state index in [0.717, 1.165) is 31.5 Å². The zero-order valence-electron chi connectivity index (χ0n) is 11.3. The highest BCUT2D eigenvalue weighted by Gasteiger charge is 2.33. The van der Waals surface area contributed by atoms with E-state index in [2.05, 4.69) is 4.98 Å². The fraction of sp³-hybridized carbons (Fsp3) is 0.615. The molecule has 1 aromatic rings. The summed E-state index contributed by atoms with van der Waals surface area (Å²) in [6.45, 7) is 1.23. The monoisotopic (exact) mass is 289 g/mol. The van der Waals surface area contributed by atoms with Crippen molar-refractivity contribution in [3.63, 3.8) is 0 Å². The summed E-state index contributed by atoms with van der Waals surface area (Å²) in [6, 6.07) is 0.984. The van der Waals surface area contributed by atoms with Crippen molar-refractivity contribution in [1.29, 1.82) is 0 Å². The summed E-state index contributed by atoms with van der Waals surface area (Å²) in [5, 5.41) is 0. The van der Waals surface area contributed by atoms with Gasteiger partial charge in [0.1, 0.15) is 5.69 Å². The zero-order valence-corrected chi connectivity index (χ0v) is 11.3. The van der Waals surface area contributed by atoms with Gasteiger partial charge in [-0.2, -0.15) is 13.2 Å². The second-order valence-electron chi connectivity index (χ2n) is 5.00. The Morgan fingerprint density at radius 1 is 1.45 bits per heavy atom. The SMILES string of the molecule is CN(CC1CCCCO1)c1cc(C(F)(F)F)ncc1N. The van der Waals surface area contributed by atoms with Crippen molar-refractivity contribution in [2.75, 3.05) is 30.8 Å². The maximum Gasteiger partial charge on any atom is 0.433 e. The number of rotatable bonds is 3. The van der Waals surface area contributed by atoms with Gasteiger partial charge in [-0.15, -0.1) is 0 Å². The molecule has 2 heterocycles. The van der Waals surface area contributed by atoms with Crippen LogP contribution in [0.15, 0.2) is 12.3 Å². The standard InChI is InChI=1S/C13H18F3N3O/c1-19(8-9-4-2-3-5-20-9)11-6-12(13(14,15)16)18-7-10(11)17/h6-7,9H,2-5,8,17H2,1H3. The molecule has 0 bridgehead atoms. The molecule has 1 aromatic heterocycles. The predicted molar refractivity (Wildman–Crippen MR) is 70.5 cm³/mol. The Kier molecular flexibility index (Phi) is 4.37. The predicted octanol–water partition coefficient (Wildman–Crippen LogP) is 2.69. The molecular formula is C13H18F3N3O. The van der Waals surface area contributed by atoms with Gasteiger partial charge in [0.05, 0.1) is 23.7 Å². The molecule has 0 amide bonds. The fourth-order valence-corrected chi connectivity index (χ4v) is 2.30. The Hall–Kier alpha value is -1.50. The molecule has 7 heteroatoms. The van der Waals surface area contributed by atoms with Crippen LogP contribution in [-0.4, -0.2) is 31.3 Å². The molecule has 0 saturated carbocycles. The van der Waals surface area contributed by atoms with E-state index in [9.17, 15) is 13.2 Å². The number of likely N-dealkylation sites (N-methyl/N-ethyl adjacent to an activating group) is 1. The minimum atomic E-state index is -4.47. The summed E-state index contributed by atoms with van der Waals surface area (Å²) in [7, 11) is 1.71. The Balaban J connectivity index is 2.13. The summed E-state index contributed by atoms with van der Waals surface area (Å²) < 4.78 is 43.6. The number of ether oxygens (including phenoxy) is 1. The largest absolute Gasteiger partial charge is 0.433 e. The van der Waals surface area contributed by atoms with Crippen LogP contribution in [0.25, 0.3) is 0 Å². The summed E-state index contributed by atoms with van der Waals surface area (Å²) in [6.07, 6.45) is -0.341. The maximum atomic E-state index is 12.7. The number of nitrogens with two attached hydrogens (primary N) is 1. The van der Waals surface area contributed by atoms with Crippen LogP contribution < -0.4 is 10.6 Å². The molecule has 20 heavy (non-hydrogen) atoms. The third-order valence-corrected chi connectivity index (χ3v) is 3.37. The van der Waals surface area contributed by atoms with Crippen molar-refractivity contribution < 1.29 is 17.9 Å². The number of halogens is 3. The van der Waals surface area contributed by atoms with Crippen LogP contribution in [0, 0.1) is 0 Å². The van der Waals surface area contributed by atoms with Gasteiger partial charge >= 0.3 is 6.18 Å². The molecule has 2 N–H and O–H groups in total. The Labute approximate surface area is 115 Å². The van der Waals surface area contributed by atoms with Crippen LogP contribution in [0.1, 0.15) is 25.0 Å². The molecule has 0 aromatic carbocycles. The first-order chi connectivity index (χ1) is 9.38. The summed E-state index contributed by atoms with van der Waals surface area (Å²) >= 11 is 0. The number of nitrogen functional groups attached to an aromatic ring is 1. The van der Waals surface area contributed by atoms with Gasteiger partial charge in [0, 0.05) is 20.2 Å². The van der Waals surface area contributed by atoms with Crippen molar-refractivity contribution in [1.82, 2.24) is 4.98 Å². The van der Waals surface area contributed by atoms with Crippen LogP contribution in [0.2, 0.25) is 0 Å². The number of anilines is 2. The number of alkyl halides is 3. The van der Waals surface area contributed by atoms with E-state index in [4.69, 9.17) is 10.5 Å². The third-order valence-electron chi connectivity index (χ3n) is 3.37. The van der Waals surface area contributed by atoms with Crippen molar-refractivity contribution in [3.8, 4) is 0 Å². The molecule has 0 radical (unpaired) electrons. The van der Waals surface area contributed by atoms with E-state index in [1.54, 1.807) is 11.9 Å². The van der Waals surface area contributed by atoms with Gasteiger partial charge in [0.2, 0.25) is 0 Å². The number of aromatic nitrogens is 1. The van der Waals surface area contributed by atoms with Gasteiger partial charge in [-0.25, -0.2) is 4.98 Å². The van der Waals surface area contributed by atoms with E-state index in [1.165, 1.54) is 0 Å². The van der Waals surface area contributed by atoms with Crippen LogP contribution in [0.4, 0.5) is 24.5 Å². The first kappa shape index (κ1) is 14.9. The zero-order chi connectivity index (χ0) is 14.8. The fourth-order valence-electron chi connectivity index (χ4n) is 2.30.